The molecule has 28 heavy (non-hydrogen) atoms. The van der Waals surface area contributed by atoms with Crippen LogP contribution < -0.4 is 10.6 Å². The van der Waals surface area contributed by atoms with E-state index in [4.69, 9.17) is 0 Å². The van der Waals surface area contributed by atoms with Gasteiger partial charge in [0, 0.05) is 18.0 Å². The molecule has 6 heteroatoms. The van der Waals surface area contributed by atoms with Crippen molar-refractivity contribution in [2.24, 2.45) is 0 Å². The van der Waals surface area contributed by atoms with Crippen molar-refractivity contribution in [3.05, 3.63) is 64.7 Å². The normalized spacial score (nSPS) is 13.9. The maximum absolute atomic E-state index is 12.1. The smallest absolute Gasteiger partial charge is 0.250 e. The summed E-state index contributed by atoms with van der Waals surface area (Å²) < 4.78 is 0. The van der Waals surface area contributed by atoms with E-state index >= 15 is 0 Å². The number of carbonyl (C=O) groups excluding carboxylic acids is 2. The van der Waals surface area contributed by atoms with Crippen LogP contribution in [-0.4, -0.2) is 23.3 Å². The standard InChI is InChI=1S/C22H25N3O2S/c26-20(12-11-17-7-3-1-4-8-17)25-22-24-19(16-28-22)15-21(27)23-14-13-18-9-5-2-6-10-18/h1,3-4,7-9,11-12,16H,2,5-6,10,13-15H2,(H,23,27)(H,24,25,26)/b12-11+. The van der Waals surface area contributed by atoms with Crippen molar-refractivity contribution in [1.29, 1.82) is 0 Å². The van der Waals surface area contributed by atoms with Gasteiger partial charge in [-0.15, -0.1) is 11.3 Å². The molecule has 2 N–H and O–H groups in total. The number of aromatic nitrogens is 1. The molecule has 1 aromatic carbocycles. The van der Waals surface area contributed by atoms with Gasteiger partial charge in [0.2, 0.25) is 11.8 Å². The number of rotatable bonds is 8. The molecule has 0 radical (unpaired) electrons. The summed E-state index contributed by atoms with van der Waals surface area (Å²) in [5, 5.41) is 7.99. The predicted molar refractivity (Wildman–Crippen MR) is 114 cm³/mol. The van der Waals surface area contributed by atoms with E-state index in [2.05, 4.69) is 21.7 Å². The summed E-state index contributed by atoms with van der Waals surface area (Å²) in [5.41, 5.74) is 3.08. The Balaban J connectivity index is 1.40. The molecule has 1 aromatic heterocycles. The molecule has 0 saturated carbocycles. The van der Waals surface area contributed by atoms with Gasteiger partial charge in [-0.3, -0.25) is 14.9 Å². The van der Waals surface area contributed by atoms with Gasteiger partial charge in [0.25, 0.3) is 0 Å². The number of carbonyl (C=O) groups is 2. The third-order valence-electron chi connectivity index (χ3n) is 4.50. The van der Waals surface area contributed by atoms with Crippen LogP contribution in [0.5, 0.6) is 0 Å². The van der Waals surface area contributed by atoms with Crippen LogP contribution in [0.15, 0.2) is 53.4 Å². The highest BCUT2D eigenvalue weighted by molar-refractivity contribution is 7.14. The largest absolute Gasteiger partial charge is 0.355 e. The molecule has 1 aliphatic carbocycles. The summed E-state index contributed by atoms with van der Waals surface area (Å²) in [6.45, 7) is 0.669. The van der Waals surface area contributed by atoms with Crippen molar-refractivity contribution in [3.8, 4) is 0 Å². The van der Waals surface area contributed by atoms with Gasteiger partial charge in [0.1, 0.15) is 0 Å². The minimum Gasteiger partial charge on any atom is -0.355 e. The first-order valence-corrected chi connectivity index (χ1v) is 10.5. The van der Waals surface area contributed by atoms with Gasteiger partial charge in [-0.05, 0) is 43.7 Å². The second-order valence-electron chi connectivity index (χ2n) is 6.76. The number of amides is 2. The van der Waals surface area contributed by atoms with Crippen LogP contribution in [0.25, 0.3) is 6.08 Å². The molecule has 2 aromatic rings. The van der Waals surface area contributed by atoms with E-state index in [0.717, 1.165) is 24.8 Å². The molecule has 0 atom stereocenters. The fourth-order valence-electron chi connectivity index (χ4n) is 3.05. The average molecular weight is 396 g/mol. The minimum absolute atomic E-state index is 0.0384. The van der Waals surface area contributed by atoms with Gasteiger partial charge in [0.05, 0.1) is 12.1 Å². The van der Waals surface area contributed by atoms with E-state index in [1.165, 1.54) is 35.8 Å². The zero-order valence-electron chi connectivity index (χ0n) is 15.8. The van der Waals surface area contributed by atoms with Gasteiger partial charge in [0.15, 0.2) is 5.13 Å². The highest BCUT2D eigenvalue weighted by Crippen LogP contribution is 2.19. The molecule has 3 rings (SSSR count). The van der Waals surface area contributed by atoms with E-state index in [0.29, 0.717) is 17.4 Å². The molecule has 0 aliphatic heterocycles. The third kappa shape index (κ3) is 6.78. The summed E-state index contributed by atoms with van der Waals surface area (Å²) in [6, 6.07) is 9.62. The topological polar surface area (TPSA) is 71.1 Å². The number of nitrogens with one attached hydrogen (secondary N) is 2. The zero-order valence-corrected chi connectivity index (χ0v) is 16.6. The molecular formula is C22H25N3O2S. The van der Waals surface area contributed by atoms with Gasteiger partial charge < -0.3 is 5.32 Å². The summed E-state index contributed by atoms with van der Waals surface area (Å²) in [5.74, 6) is -0.279. The van der Waals surface area contributed by atoms with Crippen LogP contribution in [0, 0.1) is 0 Å². The van der Waals surface area contributed by atoms with Crippen molar-refractivity contribution in [1.82, 2.24) is 10.3 Å². The second-order valence-corrected chi connectivity index (χ2v) is 7.62. The fourth-order valence-corrected chi connectivity index (χ4v) is 3.76. The molecule has 0 spiro atoms. The van der Waals surface area contributed by atoms with Gasteiger partial charge in [-0.2, -0.15) is 0 Å². The lowest BCUT2D eigenvalue weighted by molar-refractivity contribution is -0.120. The number of hydrogen-bond acceptors (Lipinski definition) is 4. The minimum atomic E-state index is -0.241. The number of benzene rings is 1. The quantitative estimate of drug-likeness (QED) is 0.516. The van der Waals surface area contributed by atoms with Crippen LogP contribution in [-0.2, 0) is 16.0 Å². The molecule has 0 unspecified atom stereocenters. The Morgan fingerprint density at radius 2 is 2.04 bits per heavy atom. The second kappa shape index (κ2) is 10.6. The number of anilines is 1. The molecule has 0 saturated heterocycles. The molecule has 2 amide bonds. The Kier molecular flexibility index (Phi) is 7.55. The SMILES string of the molecule is O=C(/C=C/c1ccccc1)Nc1nc(CC(=O)NCCC2=CCCCC2)cs1. The fraction of sp³-hybridized carbons (Fsp3) is 0.318. The molecule has 0 fully saturated rings. The number of hydrogen-bond donors (Lipinski definition) is 2. The summed E-state index contributed by atoms with van der Waals surface area (Å²) in [4.78, 5) is 28.4. The average Bonchev–Trinajstić information content (AvgIpc) is 3.14. The number of allylic oxidation sites excluding steroid dienone is 1. The van der Waals surface area contributed by atoms with Crippen LogP contribution >= 0.6 is 11.3 Å². The lowest BCUT2D eigenvalue weighted by Gasteiger charge is -2.12. The maximum atomic E-state index is 12.1. The first-order chi connectivity index (χ1) is 13.7. The molecule has 0 bridgehead atoms. The van der Waals surface area contributed by atoms with E-state index in [1.54, 1.807) is 11.5 Å². The van der Waals surface area contributed by atoms with Crippen LogP contribution in [0.2, 0.25) is 0 Å². The Hall–Kier alpha value is -2.73. The zero-order chi connectivity index (χ0) is 19.6. The lowest BCUT2D eigenvalue weighted by atomic mass is 9.97. The first kappa shape index (κ1) is 20.0. The molecular weight excluding hydrogens is 370 g/mol. The molecule has 5 nitrogen and oxygen atoms in total. The van der Waals surface area contributed by atoms with Gasteiger partial charge >= 0.3 is 0 Å². The Morgan fingerprint density at radius 1 is 1.18 bits per heavy atom. The van der Waals surface area contributed by atoms with E-state index < -0.39 is 0 Å². The Bertz CT molecular complexity index is 856. The van der Waals surface area contributed by atoms with Crippen molar-refractivity contribution in [2.45, 2.75) is 38.5 Å². The Labute approximate surface area is 169 Å². The van der Waals surface area contributed by atoms with Crippen LogP contribution in [0.1, 0.15) is 43.4 Å². The summed E-state index contributed by atoms with van der Waals surface area (Å²) in [7, 11) is 0. The van der Waals surface area contributed by atoms with Crippen molar-refractivity contribution in [2.75, 3.05) is 11.9 Å². The van der Waals surface area contributed by atoms with Crippen molar-refractivity contribution < 1.29 is 9.59 Å². The number of nitrogens with zero attached hydrogens (tertiary/aromatic N) is 1. The number of thiazole rings is 1. The Morgan fingerprint density at radius 3 is 2.82 bits per heavy atom. The molecule has 146 valence electrons. The molecule has 1 heterocycles. The van der Waals surface area contributed by atoms with Crippen LogP contribution in [0.4, 0.5) is 5.13 Å². The molecule has 1 aliphatic rings. The lowest BCUT2D eigenvalue weighted by Crippen LogP contribution is -2.26. The third-order valence-corrected chi connectivity index (χ3v) is 5.31. The first-order valence-electron chi connectivity index (χ1n) is 9.62. The summed E-state index contributed by atoms with van der Waals surface area (Å²) in [6.07, 6.45) is 11.5. The van der Waals surface area contributed by atoms with E-state index in [1.807, 2.05) is 30.3 Å². The van der Waals surface area contributed by atoms with E-state index in [-0.39, 0.29) is 18.2 Å². The summed E-state index contributed by atoms with van der Waals surface area (Å²) >= 11 is 1.32. The van der Waals surface area contributed by atoms with Crippen molar-refractivity contribution in [3.63, 3.8) is 0 Å². The van der Waals surface area contributed by atoms with E-state index in [9.17, 15) is 9.59 Å². The monoisotopic (exact) mass is 395 g/mol. The van der Waals surface area contributed by atoms with Crippen LogP contribution in [0.3, 0.4) is 0 Å². The predicted octanol–water partition coefficient (Wildman–Crippen LogP) is 4.34. The van der Waals surface area contributed by atoms with Gasteiger partial charge in [-0.25, -0.2) is 4.98 Å². The van der Waals surface area contributed by atoms with Crippen molar-refractivity contribution >= 4 is 34.4 Å². The van der Waals surface area contributed by atoms with Gasteiger partial charge in [-0.1, -0.05) is 42.0 Å². The highest BCUT2D eigenvalue weighted by Gasteiger charge is 2.09. The highest BCUT2D eigenvalue weighted by atomic mass is 32.1. The maximum Gasteiger partial charge on any atom is 0.250 e.